The van der Waals surface area contributed by atoms with E-state index < -0.39 is 0 Å². The number of aromatic nitrogens is 2. The van der Waals surface area contributed by atoms with Crippen LogP contribution in [-0.4, -0.2) is 53.2 Å². The number of aryl methyl sites for hydroxylation is 1. The van der Waals surface area contributed by atoms with Crippen LogP contribution in [0.25, 0.3) is 10.9 Å². The molecule has 1 aliphatic heterocycles. The summed E-state index contributed by atoms with van der Waals surface area (Å²) in [5.74, 6) is 0.527. The Morgan fingerprint density at radius 3 is 2.72 bits per heavy atom. The molecule has 1 atom stereocenters. The van der Waals surface area contributed by atoms with Crippen LogP contribution in [-0.2, 0) is 11.3 Å². The van der Waals surface area contributed by atoms with Crippen LogP contribution in [0.3, 0.4) is 0 Å². The highest BCUT2D eigenvalue weighted by Gasteiger charge is 2.27. The quantitative estimate of drug-likeness (QED) is 0.364. The number of Topliss-reactive ketones (excluding diaryl/α,β-unsaturated/α-hetero) is 1. The number of hydrogen-bond acceptors (Lipinski definition) is 4. The molecule has 0 saturated carbocycles. The number of likely N-dealkylation sites (tertiary alicyclic amines) is 1. The minimum absolute atomic E-state index is 0.0438. The number of nitrogens with zero attached hydrogens (tertiary/aromatic N) is 3. The third-order valence-electron chi connectivity index (χ3n) is 6.17. The van der Waals surface area contributed by atoms with Gasteiger partial charge in [0, 0.05) is 67.5 Å². The van der Waals surface area contributed by atoms with Gasteiger partial charge in [-0.1, -0.05) is 11.6 Å². The Labute approximate surface area is 193 Å². The van der Waals surface area contributed by atoms with Crippen molar-refractivity contribution in [3.05, 3.63) is 64.3 Å². The lowest BCUT2D eigenvalue weighted by Crippen LogP contribution is -2.29. The zero-order chi connectivity index (χ0) is 22.7. The molecule has 0 radical (unpaired) electrons. The zero-order valence-electron chi connectivity index (χ0n) is 18.5. The van der Waals surface area contributed by atoms with Crippen molar-refractivity contribution in [1.29, 1.82) is 0 Å². The third-order valence-corrected chi connectivity index (χ3v) is 6.42. The Bertz CT molecular complexity index is 1120. The van der Waals surface area contributed by atoms with Crippen molar-refractivity contribution in [1.82, 2.24) is 14.7 Å². The first-order valence-electron chi connectivity index (χ1n) is 11.0. The summed E-state index contributed by atoms with van der Waals surface area (Å²) in [5.41, 5.74) is 3.29. The monoisotopic (exact) mass is 453 g/mol. The van der Waals surface area contributed by atoms with Crippen LogP contribution in [0.4, 0.5) is 0 Å². The lowest BCUT2D eigenvalue weighted by molar-refractivity contribution is 0.0785. The van der Waals surface area contributed by atoms with Crippen molar-refractivity contribution in [3.8, 4) is 0 Å². The van der Waals surface area contributed by atoms with Crippen LogP contribution in [0.2, 0.25) is 5.02 Å². The maximum atomic E-state index is 12.8. The van der Waals surface area contributed by atoms with Crippen LogP contribution >= 0.6 is 11.6 Å². The predicted octanol–water partition coefficient (Wildman–Crippen LogP) is 4.77. The van der Waals surface area contributed by atoms with Crippen LogP contribution < -0.4 is 0 Å². The molecule has 0 spiro atoms. The van der Waals surface area contributed by atoms with E-state index >= 15 is 0 Å². The van der Waals surface area contributed by atoms with Gasteiger partial charge < -0.3 is 9.64 Å². The molecule has 1 fully saturated rings. The van der Waals surface area contributed by atoms with E-state index in [1.165, 1.54) is 0 Å². The van der Waals surface area contributed by atoms with Crippen molar-refractivity contribution >= 4 is 34.2 Å². The summed E-state index contributed by atoms with van der Waals surface area (Å²) in [7, 11) is 1.65. The van der Waals surface area contributed by atoms with Gasteiger partial charge >= 0.3 is 0 Å². The number of amides is 1. The molecule has 1 saturated heterocycles. The number of carbonyl (C=O) groups is 2. The lowest BCUT2D eigenvalue weighted by atomic mass is 9.99. The molecule has 32 heavy (non-hydrogen) atoms. The molecule has 2 aromatic carbocycles. The maximum Gasteiger partial charge on any atom is 0.253 e. The Morgan fingerprint density at radius 1 is 1.19 bits per heavy atom. The van der Waals surface area contributed by atoms with Crippen LogP contribution in [0.1, 0.15) is 45.5 Å². The third kappa shape index (κ3) is 4.87. The SMILES string of the molecule is COCCCC(=O)c1ccc2nn(C[C@@H]3CCN(C(=O)c4ccc(Cl)cc4)C3)cc2c1C. The summed E-state index contributed by atoms with van der Waals surface area (Å²) in [6.07, 6.45) is 4.17. The number of carbonyl (C=O) groups excluding carboxylic acids is 2. The summed E-state index contributed by atoms with van der Waals surface area (Å²) in [4.78, 5) is 27.2. The van der Waals surface area contributed by atoms with Crippen LogP contribution in [0.15, 0.2) is 42.6 Å². The van der Waals surface area contributed by atoms with Crippen molar-refractivity contribution in [2.75, 3.05) is 26.8 Å². The first-order valence-corrected chi connectivity index (χ1v) is 11.4. The second kappa shape index (κ2) is 9.84. The first kappa shape index (κ1) is 22.5. The molecule has 1 aliphatic rings. The minimum Gasteiger partial charge on any atom is -0.385 e. The summed E-state index contributed by atoms with van der Waals surface area (Å²) >= 11 is 5.93. The van der Waals surface area contributed by atoms with Crippen LogP contribution in [0.5, 0.6) is 0 Å². The number of methoxy groups -OCH3 is 1. The number of fused-ring (bicyclic) bond motifs is 1. The molecular weight excluding hydrogens is 426 g/mol. The number of ketones is 1. The van der Waals surface area contributed by atoms with E-state index in [0.29, 0.717) is 36.1 Å². The highest BCUT2D eigenvalue weighted by Crippen LogP contribution is 2.25. The molecule has 6 nitrogen and oxygen atoms in total. The number of halogens is 1. The van der Waals surface area contributed by atoms with Gasteiger partial charge in [0.15, 0.2) is 5.78 Å². The molecule has 4 rings (SSSR count). The standard InChI is InChI=1S/C25H28ClN3O3/c1-17-21(24(30)4-3-13-32-2)9-10-23-22(17)16-29(27-23)15-18-11-12-28(14-18)25(31)19-5-7-20(26)8-6-19/h5-10,16,18H,3-4,11-15H2,1-2H3/t18-/m1/s1. The molecule has 168 valence electrons. The van der Waals surface area contributed by atoms with E-state index in [4.69, 9.17) is 21.4 Å². The second-order valence-corrected chi connectivity index (χ2v) is 8.89. The van der Waals surface area contributed by atoms with Gasteiger partial charge in [0.05, 0.1) is 5.52 Å². The second-order valence-electron chi connectivity index (χ2n) is 8.45. The number of benzene rings is 2. The van der Waals surface area contributed by atoms with Gasteiger partial charge in [-0.2, -0.15) is 5.10 Å². The van der Waals surface area contributed by atoms with E-state index in [9.17, 15) is 9.59 Å². The van der Waals surface area contributed by atoms with Gasteiger partial charge in [-0.05, 0) is 67.6 Å². The number of rotatable bonds is 8. The fourth-order valence-electron chi connectivity index (χ4n) is 4.39. The highest BCUT2D eigenvalue weighted by atomic mass is 35.5. The average Bonchev–Trinajstić information content (AvgIpc) is 3.41. The molecule has 0 unspecified atom stereocenters. The summed E-state index contributed by atoms with van der Waals surface area (Å²) < 4.78 is 7.01. The van der Waals surface area contributed by atoms with E-state index in [0.717, 1.165) is 48.0 Å². The molecule has 0 bridgehead atoms. The largest absolute Gasteiger partial charge is 0.385 e. The average molecular weight is 454 g/mol. The summed E-state index contributed by atoms with van der Waals surface area (Å²) in [6.45, 7) is 4.77. The number of ether oxygens (including phenoxy) is 1. The van der Waals surface area contributed by atoms with Crippen molar-refractivity contribution < 1.29 is 14.3 Å². The van der Waals surface area contributed by atoms with Gasteiger partial charge in [0.2, 0.25) is 0 Å². The van der Waals surface area contributed by atoms with Gasteiger partial charge in [0.25, 0.3) is 5.91 Å². The molecule has 0 aliphatic carbocycles. The van der Waals surface area contributed by atoms with Crippen molar-refractivity contribution in [3.63, 3.8) is 0 Å². The molecule has 1 amide bonds. The normalized spacial score (nSPS) is 16.1. The Kier molecular flexibility index (Phi) is 6.92. The molecule has 1 aromatic heterocycles. The fourth-order valence-corrected chi connectivity index (χ4v) is 4.52. The Morgan fingerprint density at radius 2 is 1.97 bits per heavy atom. The smallest absolute Gasteiger partial charge is 0.253 e. The molecule has 0 N–H and O–H groups in total. The summed E-state index contributed by atoms with van der Waals surface area (Å²) in [5, 5.41) is 6.35. The fraction of sp³-hybridized carbons (Fsp3) is 0.400. The van der Waals surface area contributed by atoms with E-state index in [1.807, 2.05) is 34.8 Å². The molecule has 3 aromatic rings. The van der Waals surface area contributed by atoms with E-state index in [-0.39, 0.29) is 11.7 Å². The van der Waals surface area contributed by atoms with E-state index in [2.05, 4.69) is 0 Å². The predicted molar refractivity (Wildman–Crippen MR) is 125 cm³/mol. The molecule has 7 heteroatoms. The molecular formula is C25H28ClN3O3. The Balaban J connectivity index is 1.42. The number of hydrogen-bond donors (Lipinski definition) is 0. The summed E-state index contributed by atoms with van der Waals surface area (Å²) in [6, 6.07) is 10.8. The zero-order valence-corrected chi connectivity index (χ0v) is 19.3. The highest BCUT2D eigenvalue weighted by molar-refractivity contribution is 6.30. The molecule has 2 heterocycles. The minimum atomic E-state index is 0.0438. The van der Waals surface area contributed by atoms with Gasteiger partial charge in [0.1, 0.15) is 0 Å². The van der Waals surface area contributed by atoms with Gasteiger partial charge in [-0.3, -0.25) is 14.3 Å². The van der Waals surface area contributed by atoms with Crippen molar-refractivity contribution in [2.24, 2.45) is 5.92 Å². The maximum absolute atomic E-state index is 12.8. The van der Waals surface area contributed by atoms with Crippen LogP contribution in [0, 0.1) is 12.8 Å². The lowest BCUT2D eigenvalue weighted by Gasteiger charge is -2.16. The van der Waals surface area contributed by atoms with Gasteiger partial charge in [-0.15, -0.1) is 0 Å². The van der Waals surface area contributed by atoms with E-state index in [1.54, 1.807) is 31.4 Å². The first-order chi connectivity index (χ1) is 15.5. The van der Waals surface area contributed by atoms with Gasteiger partial charge in [-0.25, -0.2) is 0 Å². The Hall–Kier alpha value is -2.70. The van der Waals surface area contributed by atoms with Crippen molar-refractivity contribution in [2.45, 2.75) is 32.7 Å². The topological polar surface area (TPSA) is 64.4 Å².